The lowest BCUT2D eigenvalue weighted by Crippen LogP contribution is -2.52. The third kappa shape index (κ3) is 4.34. The molecular weight excluding hydrogens is 308 g/mol. The van der Waals surface area contributed by atoms with Crippen LogP contribution in [0.15, 0.2) is 6.07 Å². The summed E-state index contributed by atoms with van der Waals surface area (Å²) in [5.41, 5.74) is 0.175. The molecule has 1 saturated carbocycles. The van der Waals surface area contributed by atoms with Crippen LogP contribution in [0.25, 0.3) is 0 Å². The summed E-state index contributed by atoms with van der Waals surface area (Å²) in [7, 11) is 0. The summed E-state index contributed by atoms with van der Waals surface area (Å²) in [6.45, 7) is 3.53. The molecule has 1 aromatic rings. The maximum atomic E-state index is 12.3. The molecule has 0 spiro atoms. The summed E-state index contributed by atoms with van der Waals surface area (Å²) in [5.74, 6) is -1.10. The molecule has 24 heavy (non-hydrogen) atoms. The Labute approximate surface area is 141 Å². The predicted molar refractivity (Wildman–Crippen MR) is 87.0 cm³/mol. The van der Waals surface area contributed by atoms with Gasteiger partial charge < -0.3 is 10.1 Å². The first-order valence-corrected chi connectivity index (χ1v) is 8.48. The first kappa shape index (κ1) is 18.0. The first-order valence-electron chi connectivity index (χ1n) is 8.48. The summed E-state index contributed by atoms with van der Waals surface area (Å²) in [6, 6.07) is 3.85. The fourth-order valence-electron chi connectivity index (χ4n) is 2.90. The van der Waals surface area contributed by atoms with E-state index in [1.165, 1.54) is 6.92 Å². The van der Waals surface area contributed by atoms with Gasteiger partial charge in [0.2, 0.25) is 0 Å². The van der Waals surface area contributed by atoms with Crippen LogP contribution in [0.1, 0.15) is 68.6 Å². The maximum Gasteiger partial charge on any atom is 0.359 e. The average Bonchev–Trinajstić information content (AvgIpc) is 3.04. The molecule has 0 bridgehead atoms. The highest BCUT2D eigenvalue weighted by atomic mass is 16.5. The quantitative estimate of drug-likeness (QED) is 0.777. The molecule has 1 aliphatic rings. The molecule has 1 heterocycles. The fraction of sp³-hybridized carbons (Fsp3) is 0.647. The van der Waals surface area contributed by atoms with E-state index in [9.17, 15) is 14.9 Å². The van der Waals surface area contributed by atoms with Crippen molar-refractivity contribution in [3.05, 3.63) is 17.5 Å². The van der Waals surface area contributed by atoms with E-state index in [4.69, 9.17) is 4.74 Å². The number of esters is 1. The Bertz CT molecular complexity index is 626. The van der Waals surface area contributed by atoms with E-state index in [-0.39, 0.29) is 5.69 Å². The number of nitrogens with zero attached hydrogens (tertiary/aromatic N) is 2. The van der Waals surface area contributed by atoms with Crippen molar-refractivity contribution in [1.82, 2.24) is 15.5 Å². The van der Waals surface area contributed by atoms with Gasteiger partial charge in [0.15, 0.2) is 11.8 Å². The number of carbonyl (C=O) groups is 2. The Balaban J connectivity index is 1.92. The molecule has 2 N–H and O–H groups in total. The minimum Gasteiger partial charge on any atom is -0.448 e. The van der Waals surface area contributed by atoms with Crippen LogP contribution in [0, 0.1) is 11.3 Å². The largest absolute Gasteiger partial charge is 0.448 e. The molecule has 1 atom stereocenters. The minimum absolute atomic E-state index is 0.158. The van der Waals surface area contributed by atoms with Crippen molar-refractivity contribution in [2.75, 3.05) is 0 Å². The molecule has 0 radical (unpaired) electrons. The summed E-state index contributed by atoms with van der Waals surface area (Å²) in [4.78, 5) is 24.4. The number of ether oxygens (including phenoxy) is 1. The Morgan fingerprint density at radius 3 is 2.79 bits per heavy atom. The van der Waals surface area contributed by atoms with Crippen molar-refractivity contribution in [3.63, 3.8) is 0 Å². The van der Waals surface area contributed by atoms with Gasteiger partial charge in [-0.1, -0.05) is 32.6 Å². The predicted octanol–water partition coefficient (Wildman–Crippen LogP) is 2.25. The number of carbonyl (C=O) groups excluding carboxylic acids is 2. The number of H-pyrrole nitrogens is 1. The molecule has 1 amide bonds. The lowest BCUT2D eigenvalue weighted by Gasteiger charge is -2.32. The number of hydrogen-bond acceptors (Lipinski definition) is 5. The van der Waals surface area contributed by atoms with Crippen molar-refractivity contribution in [2.24, 2.45) is 0 Å². The fourth-order valence-corrected chi connectivity index (χ4v) is 2.90. The van der Waals surface area contributed by atoms with Gasteiger partial charge in [0.1, 0.15) is 5.54 Å². The molecule has 2 rings (SSSR count). The molecule has 0 aliphatic heterocycles. The van der Waals surface area contributed by atoms with Crippen molar-refractivity contribution in [1.29, 1.82) is 5.26 Å². The molecule has 0 saturated heterocycles. The second-order valence-electron chi connectivity index (χ2n) is 6.32. The molecule has 7 heteroatoms. The zero-order chi connectivity index (χ0) is 17.6. The molecule has 1 unspecified atom stereocenters. The van der Waals surface area contributed by atoms with Crippen LogP contribution in [0.3, 0.4) is 0 Å². The summed E-state index contributed by atoms with van der Waals surface area (Å²) in [5, 5.41) is 18.8. The zero-order valence-electron chi connectivity index (χ0n) is 14.2. The lowest BCUT2D eigenvalue weighted by atomic mass is 9.83. The van der Waals surface area contributed by atoms with Gasteiger partial charge in [0.25, 0.3) is 5.91 Å². The second kappa shape index (κ2) is 7.95. The van der Waals surface area contributed by atoms with Gasteiger partial charge in [-0.25, -0.2) is 4.79 Å². The standard InChI is InChI=1S/C17H24N4O3/c1-3-7-13-10-14(21-20-13)16(23)24-12(2)15(22)19-17(11-18)8-5-4-6-9-17/h10,12H,3-9H2,1-2H3,(H,19,22)(H,20,21). The van der Waals surface area contributed by atoms with Crippen LogP contribution in [0.4, 0.5) is 0 Å². The maximum absolute atomic E-state index is 12.3. The van der Waals surface area contributed by atoms with E-state index in [0.29, 0.717) is 12.8 Å². The van der Waals surface area contributed by atoms with Gasteiger partial charge in [-0.3, -0.25) is 9.89 Å². The van der Waals surface area contributed by atoms with Crippen LogP contribution in [0.2, 0.25) is 0 Å². The topological polar surface area (TPSA) is 108 Å². The van der Waals surface area contributed by atoms with Gasteiger partial charge in [-0.15, -0.1) is 0 Å². The minimum atomic E-state index is -0.976. The molecule has 1 aliphatic carbocycles. The van der Waals surface area contributed by atoms with Crippen molar-refractivity contribution in [2.45, 2.75) is 70.4 Å². The first-order chi connectivity index (χ1) is 11.5. The summed E-state index contributed by atoms with van der Waals surface area (Å²) in [6.07, 6.45) is 4.92. The number of hydrogen-bond donors (Lipinski definition) is 2. The summed E-state index contributed by atoms with van der Waals surface area (Å²) >= 11 is 0. The van der Waals surface area contributed by atoms with Gasteiger partial charge >= 0.3 is 5.97 Å². The van der Waals surface area contributed by atoms with Crippen LogP contribution in [0.5, 0.6) is 0 Å². The third-order valence-electron chi connectivity index (χ3n) is 4.30. The third-order valence-corrected chi connectivity index (χ3v) is 4.30. The highest BCUT2D eigenvalue weighted by Crippen LogP contribution is 2.27. The van der Waals surface area contributed by atoms with E-state index in [1.54, 1.807) is 6.07 Å². The van der Waals surface area contributed by atoms with Crippen LogP contribution < -0.4 is 5.32 Å². The zero-order valence-corrected chi connectivity index (χ0v) is 14.2. The van der Waals surface area contributed by atoms with Gasteiger partial charge in [-0.2, -0.15) is 10.4 Å². The highest BCUT2D eigenvalue weighted by Gasteiger charge is 2.35. The normalized spacial score (nSPS) is 17.5. The number of aromatic amines is 1. The van der Waals surface area contributed by atoms with Crippen LogP contribution in [-0.4, -0.2) is 33.7 Å². The number of amides is 1. The Morgan fingerprint density at radius 1 is 1.46 bits per heavy atom. The van der Waals surface area contributed by atoms with E-state index in [1.807, 2.05) is 6.92 Å². The summed E-state index contributed by atoms with van der Waals surface area (Å²) < 4.78 is 5.18. The number of aryl methyl sites for hydroxylation is 1. The Hall–Kier alpha value is -2.36. The Morgan fingerprint density at radius 2 is 2.17 bits per heavy atom. The molecule has 1 fully saturated rings. The van der Waals surface area contributed by atoms with Crippen molar-refractivity contribution < 1.29 is 14.3 Å². The highest BCUT2D eigenvalue weighted by molar-refractivity contribution is 5.91. The number of nitrogens with one attached hydrogen (secondary N) is 2. The van der Waals surface area contributed by atoms with Crippen molar-refractivity contribution >= 4 is 11.9 Å². The SMILES string of the molecule is CCCc1cc(C(=O)OC(C)C(=O)NC2(C#N)CCCCC2)n[nH]1. The average molecular weight is 332 g/mol. The van der Waals surface area contributed by atoms with Crippen LogP contribution in [-0.2, 0) is 16.0 Å². The molecule has 0 aromatic carbocycles. The van der Waals surface area contributed by atoms with E-state index < -0.39 is 23.5 Å². The number of nitriles is 1. The Kier molecular flexibility index (Phi) is 5.96. The smallest absolute Gasteiger partial charge is 0.359 e. The number of rotatable bonds is 6. The second-order valence-corrected chi connectivity index (χ2v) is 6.32. The van der Waals surface area contributed by atoms with E-state index in [2.05, 4.69) is 21.6 Å². The molecule has 1 aromatic heterocycles. The molecule has 7 nitrogen and oxygen atoms in total. The van der Waals surface area contributed by atoms with Crippen LogP contribution >= 0.6 is 0 Å². The van der Waals surface area contributed by atoms with E-state index >= 15 is 0 Å². The molecular formula is C17H24N4O3. The van der Waals surface area contributed by atoms with Gasteiger partial charge in [0.05, 0.1) is 6.07 Å². The number of aromatic nitrogens is 2. The van der Waals surface area contributed by atoms with Crippen molar-refractivity contribution in [3.8, 4) is 6.07 Å². The molecule has 130 valence electrons. The van der Waals surface area contributed by atoms with Gasteiger partial charge in [-0.05, 0) is 32.3 Å². The monoisotopic (exact) mass is 332 g/mol. The lowest BCUT2D eigenvalue weighted by molar-refractivity contribution is -0.130. The van der Waals surface area contributed by atoms with Gasteiger partial charge in [0, 0.05) is 5.69 Å². The van der Waals surface area contributed by atoms with E-state index in [0.717, 1.165) is 37.8 Å².